The van der Waals surface area contributed by atoms with E-state index in [1.54, 1.807) is 11.3 Å². The lowest BCUT2D eigenvalue weighted by atomic mass is 10.4. The lowest BCUT2D eigenvalue weighted by Gasteiger charge is -2.07. The zero-order valence-electron chi connectivity index (χ0n) is 10.1. The van der Waals surface area contributed by atoms with E-state index in [-0.39, 0.29) is 5.91 Å². The topological polar surface area (TPSA) is 34.0 Å². The number of nitrogens with zero attached hydrogens (tertiary/aromatic N) is 1. The normalized spacial score (nSPS) is 11.4. The van der Waals surface area contributed by atoms with Gasteiger partial charge in [0.15, 0.2) is 0 Å². The molecule has 0 saturated heterocycles. The Morgan fingerprint density at radius 3 is 3.12 bits per heavy atom. The quantitative estimate of drug-likeness (QED) is 0.829. The Hall–Kier alpha value is -1.55. The van der Waals surface area contributed by atoms with Crippen LogP contribution in [0, 0.1) is 0 Å². The first-order valence-electron chi connectivity index (χ1n) is 5.74. The van der Waals surface area contributed by atoms with E-state index in [2.05, 4.69) is 27.4 Å². The maximum absolute atomic E-state index is 11.9. The van der Waals surface area contributed by atoms with Gasteiger partial charge in [-0.2, -0.15) is 0 Å². The maximum atomic E-state index is 11.9. The summed E-state index contributed by atoms with van der Waals surface area (Å²) >= 11 is 1.67. The van der Waals surface area contributed by atoms with Crippen LogP contribution in [0.15, 0.2) is 29.7 Å². The molecular weight excluding hydrogens is 232 g/mol. The van der Waals surface area contributed by atoms with Crippen LogP contribution in [0.5, 0.6) is 0 Å². The van der Waals surface area contributed by atoms with Crippen molar-refractivity contribution in [2.24, 2.45) is 0 Å². The number of carbonyl (C=O) groups excluding carboxylic acids is 1. The molecule has 0 aliphatic heterocycles. The molecule has 1 N–H and O–H groups in total. The smallest absolute Gasteiger partial charge is 0.267 e. The van der Waals surface area contributed by atoms with Crippen LogP contribution in [0.3, 0.4) is 0 Å². The summed E-state index contributed by atoms with van der Waals surface area (Å²) in [6, 6.07) is 4.03. The molecule has 2 aromatic heterocycles. The van der Waals surface area contributed by atoms with Crippen molar-refractivity contribution in [3.8, 4) is 0 Å². The number of aromatic nitrogens is 1. The van der Waals surface area contributed by atoms with Crippen molar-refractivity contribution >= 4 is 27.5 Å². The molecule has 0 unspecified atom stereocenters. The molecule has 90 valence electrons. The average Bonchev–Trinajstić information content (AvgIpc) is 2.87. The summed E-state index contributed by atoms with van der Waals surface area (Å²) in [5, 5.41) is 4.90. The van der Waals surface area contributed by atoms with Gasteiger partial charge in [-0.1, -0.05) is 12.2 Å². The molecule has 0 radical (unpaired) electrons. The first-order valence-corrected chi connectivity index (χ1v) is 6.62. The van der Waals surface area contributed by atoms with E-state index in [1.807, 2.05) is 26.0 Å². The molecule has 0 atom stereocenters. The third-order valence-electron chi connectivity index (χ3n) is 2.62. The summed E-state index contributed by atoms with van der Waals surface area (Å²) in [5.74, 6) is 0.000373. The van der Waals surface area contributed by atoms with Gasteiger partial charge in [-0.25, -0.2) is 0 Å². The lowest BCUT2D eigenvalue weighted by molar-refractivity contribution is 0.0947. The molecule has 3 nitrogen and oxygen atoms in total. The summed E-state index contributed by atoms with van der Waals surface area (Å²) in [4.78, 5) is 11.9. The van der Waals surface area contributed by atoms with Gasteiger partial charge in [-0.3, -0.25) is 4.79 Å². The van der Waals surface area contributed by atoms with Crippen LogP contribution < -0.4 is 5.32 Å². The van der Waals surface area contributed by atoms with E-state index < -0.39 is 0 Å². The minimum absolute atomic E-state index is 0.000373. The maximum Gasteiger partial charge on any atom is 0.267 e. The van der Waals surface area contributed by atoms with Gasteiger partial charge >= 0.3 is 0 Å². The van der Waals surface area contributed by atoms with Gasteiger partial charge in [0.25, 0.3) is 5.91 Å². The first kappa shape index (κ1) is 11.9. The van der Waals surface area contributed by atoms with Crippen LogP contribution in [0.4, 0.5) is 0 Å². The number of fused-ring (bicyclic) bond motifs is 1. The number of rotatable bonds is 4. The predicted molar refractivity (Wildman–Crippen MR) is 72.6 cm³/mol. The molecule has 0 aliphatic carbocycles. The van der Waals surface area contributed by atoms with Gasteiger partial charge in [-0.05, 0) is 31.4 Å². The van der Waals surface area contributed by atoms with Gasteiger partial charge in [0.2, 0.25) is 0 Å². The van der Waals surface area contributed by atoms with Crippen molar-refractivity contribution in [1.82, 2.24) is 9.88 Å². The van der Waals surface area contributed by atoms with Crippen LogP contribution in [-0.4, -0.2) is 17.0 Å². The summed E-state index contributed by atoms with van der Waals surface area (Å²) in [6.07, 6.45) is 4.06. The third kappa shape index (κ3) is 2.26. The zero-order chi connectivity index (χ0) is 12.3. The number of allylic oxidation sites excluding steroid dienone is 2. The van der Waals surface area contributed by atoms with Gasteiger partial charge < -0.3 is 9.88 Å². The van der Waals surface area contributed by atoms with Crippen LogP contribution in [0.1, 0.15) is 24.3 Å². The fraction of sp³-hybridized carbons (Fsp3) is 0.308. The largest absolute Gasteiger partial charge is 0.351 e. The van der Waals surface area contributed by atoms with E-state index >= 15 is 0 Å². The van der Waals surface area contributed by atoms with E-state index in [0.29, 0.717) is 6.54 Å². The minimum atomic E-state index is 0.000373. The molecule has 0 spiro atoms. The van der Waals surface area contributed by atoms with Gasteiger partial charge in [0, 0.05) is 13.1 Å². The average molecular weight is 248 g/mol. The molecule has 2 heterocycles. The fourth-order valence-corrected chi connectivity index (χ4v) is 2.65. The van der Waals surface area contributed by atoms with Gasteiger partial charge in [0.05, 0.1) is 10.2 Å². The van der Waals surface area contributed by atoms with Crippen molar-refractivity contribution in [3.05, 3.63) is 35.4 Å². The fourth-order valence-electron chi connectivity index (χ4n) is 1.82. The summed E-state index contributed by atoms with van der Waals surface area (Å²) in [5.41, 5.74) is 1.88. The number of thiophene rings is 1. The summed E-state index contributed by atoms with van der Waals surface area (Å²) < 4.78 is 3.22. The van der Waals surface area contributed by atoms with Crippen molar-refractivity contribution in [2.45, 2.75) is 20.4 Å². The van der Waals surface area contributed by atoms with Crippen LogP contribution >= 0.6 is 11.3 Å². The van der Waals surface area contributed by atoms with Crippen molar-refractivity contribution in [3.63, 3.8) is 0 Å². The summed E-state index contributed by atoms with van der Waals surface area (Å²) in [7, 11) is 0. The summed E-state index contributed by atoms with van der Waals surface area (Å²) in [6.45, 7) is 5.31. The van der Waals surface area contributed by atoms with E-state index in [4.69, 9.17) is 0 Å². The molecule has 0 fully saturated rings. The number of carbonyl (C=O) groups is 1. The van der Waals surface area contributed by atoms with Gasteiger partial charge in [-0.15, -0.1) is 11.3 Å². The Morgan fingerprint density at radius 2 is 2.41 bits per heavy atom. The molecule has 1 amide bonds. The van der Waals surface area contributed by atoms with Crippen molar-refractivity contribution in [2.75, 3.05) is 6.54 Å². The second-order valence-corrected chi connectivity index (χ2v) is 4.69. The Bertz CT molecular complexity index is 551. The van der Waals surface area contributed by atoms with Crippen LogP contribution in [0.2, 0.25) is 0 Å². The van der Waals surface area contributed by atoms with Crippen molar-refractivity contribution < 1.29 is 4.79 Å². The molecule has 2 rings (SSSR count). The standard InChI is InChI=1S/C13H16N2OS/c1-3-5-7-15-10-6-8-17-12(10)9-11(15)13(16)14-4-2/h3,5-6,8-9H,4,7H2,1-2H3,(H,14,16)/b5-3+. The highest BCUT2D eigenvalue weighted by Crippen LogP contribution is 2.25. The molecule has 0 bridgehead atoms. The zero-order valence-corrected chi connectivity index (χ0v) is 10.9. The Morgan fingerprint density at radius 1 is 1.59 bits per heavy atom. The van der Waals surface area contributed by atoms with Gasteiger partial charge in [0.1, 0.15) is 5.69 Å². The molecule has 0 aromatic carbocycles. The lowest BCUT2D eigenvalue weighted by Crippen LogP contribution is -2.25. The predicted octanol–water partition coefficient (Wildman–Crippen LogP) is 3.03. The Labute approximate surface area is 105 Å². The number of amides is 1. The molecule has 2 aromatic rings. The number of hydrogen-bond donors (Lipinski definition) is 1. The van der Waals surface area contributed by atoms with E-state index in [9.17, 15) is 4.79 Å². The number of hydrogen-bond acceptors (Lipinski definition) is 2. The Kier molecular flexibility index (Phi) is 3.64. The Balaban J connectivity index is 2.45. The van der Waals surface area contributed by atoms with Crippen LogP contribution in [-0.2, 0) is 6.54 Å². The number of nitrogens with one attached hydrogen (secondary N) is 1. The highest BCUT2D eigenvalue weighted by Gasteiger charge is 2.14. The third-order valence-corrected chi connectivity index (χ3v) is 3.47. The molecule has 4 heteroatoms. The molecule has 0 aliphatic rings. The van der Waals surface area contributed by atoms with Crippen LogP contribution in [0.25, 0.3) is 10.2 Å². The molecule has 0 saturated carbocycles. The molecular formula is C13H16N2OS. The monoisotopic (exact) mass is 248 g/mol. The highest BCUT2D eigenvalue weighted by atomic mass is 32.1. The second kappa shape index (κ2) is 5.19. The SMILES string of the molecule is C/C=C/Cn1c(C(=O)NCC)cc2sccc21. The van der Waals surface area contributed by atoms with E-state index in [0.717, 1.165) is 22.5 Å². The van der Waals surface area contributed by atoms with Crippen molar-refractivity contribution in [1.29, 1.82) is 0 Å². The highest BCUT2D eigenvalue weighted by molar-refractivity contribution is 7.17. The minimum Gasteiger partial charge on any atom is -0.351 e. The first-order chi connectivity index (χ1) is 8.27. The van der Waals surface area contributed by atoms with E-state index in [1.165, 1.54) is 0 Å². The second-order valence-electron chi connectivity index (χ2n) is 3.74. The molecule has 17 heavy (non-hydrogen) atoms.